The first-order valence-corrected chi connectivity index (χ1v) is 7.33. The summed E-state index contributed by atoms with van der Waals surface area (Å²) in [6.07, 6.45) is 3.15. The van der Waals surface area contributed by atoms with Gasteiger partial charge < -0.3 is 15.0 Å². The Kier molecular flexibility index (Phi) is 7.54. The van der Waals surface area contributed by atoms with E-state index in [0.29, 0.717) is 6.54 Å². The zero-order valence-electron chi connectivity index (χ0n) is 12.9. The minimum Gasteiger partial charge on any atom is -0.376 e. The Labute approximate surface area is 121 Å². The SMILES string of the molecule is CCCN(CC(=O)NCC1CCCO1)CC(=O)N(C)C. The van der Waals surface area contributed by atoms with Crippen molar-refractivity contribution in [3.8, 4) is 0 Å². The van der Waals surface area contributed by atoms with Crippen molar-refractivity contribution >= 4 is 11.8 Å². The Bertz CT molecular complexity index is 315. The smallest absolute Gasteiger partial charge is 0.236 e. The lowest BCUT2D eigenvalue weighted by Crippen LogP contribution is -2.44. The zero-order chi connectivity index (χ0) is 15.0. The summed E-state index contributed by atoms with van der Waals surface area (Å²) in [7, 11) is 3.45. The highest BCUT2D eigenvalue weighted by Gasteiger charge is 2.18. The van der Waals surface area contributed by atoms with Gasteiger partial charge in [0.15, 0.2) is 0 Å². The van der Waals surface area contributed by atoms with Gasteiger partial charge >= 0.3 is 0 Å². The number of ether oxygens (including phenoxy) is 1. The predicted octanol–water partition coefficient (Wildman–Crippen LogP) is 0.0818. The summed E-state index contributed by atoms with van der Waals surface area (Å²) < 4.78 is 5.46. The number of likely N-dealkylation sites (N-methyl/N-ethyl adjacent to an activating group) is 1. The van der Waals surface area contributed by atoms with Crippen LogP contribution in [0.15, 0.2) is 0 Å². The second-order valence-electron chi connectivity index (χ2n) is 5.44. The maximum atomic E-state index is 11.9. The molecule has 6 nitrogen and oxygen atoms in total. The van der Waals surface area contributed by atoms with Gasteiger partial charge in [0.05, 0.1) is 19.2 Å². The molecular formula is C14H27N3O3. The lowest BCUT2D eigenvalue weighted by Gasteiger charge is -2.22. The number of hydrogen-bond donors (Lipinski definition) is 1. The predicted molar refractivity (Wildman–Crippen MR) is 77.4 cm³/mol. The van der Waals surface area contributed by atoms with E-state index in [1.165, 1.54) is 0 Å². The van der Waals surface area contributed by atoms with E-state index in [9.17, 15) is 9.59 Å². The average molecular weight is 285 g/mol. The standard InChI is InChI=1S/C14H27N3O3/c1-4-7-17(11-14(19)16(2)3)10-13(18)15-9-12-6-5-8-20-12/h12H,4-11H2,1-3H3,(H,15,18). The van der Waals surface area contributed by atoms with Gasteiger partial charge in [0.1, 0.15) is 0 Å². The summed E-state index contributed by atoms with van der Waals surface area (Å²) in [5.41, 5.74) is 0. The third-order valence-corrected chi connectivity index (χ3v) is 3.32. The van der Waals surface area contributed by atoms with Crippen LogP contribution in [0.4, 0.5) is 0 Å². The topological polar surface area (TPSA) is 61.9 Å². The first kappa shape index (κ1) is 16.9. The molecule has 0 bridgehead atoms. The fourth-order valence-electron chi connectivity index (χ4n) is 2.15. The van der Waals surface area contributed by atoms with Crippen molar-refractivity contribution < 1.29 is 14.3 Å². The van der Waals surface area contributed by atoms with Crippen molar-refractivity contribution in [3.05, 3.63) is 0 Å². The molecule has 1 fully saturated rings. The minimum absolute atomic E-state index is 0.0189. The molecule has 0 aliphatic carbocycles. The van der Waals surface area contributed by atoms with Crippen LogP contribution in [0.3, 0.4) is 0 Å². The van der Waals surface area contributed by atoms with E-state index in [1.54, 1.807) is 19.0 Å². The molecule has 1 atom stereocenters. The molecule has 1 aliphatic rings. The van der Waals surface area contributed by atoms with Crippen LogP contribution in [0.25, 0.3) is 0 Å². The molecule has 1 aliphatic heterocycles. The number of nitrogens with one attached hydrogen (secondary N) is 1. The highest BCUT2D eigenvalue weighted by Crippen LogP contribution is 2.10. The van der Waals surface area contributed by atoms with Crippen LogP contribution in [-0.2, 0) is 14.3 Å². The van der Waals surface area contributed by atoms with E-state index in [4.69, 9.17) is 4.74 Å². The largest absolute Gasteiger partial charge is 0.376 e. The maximum absolute atomic E-state index is 11.9. The molecule has 0 aromatic carbocycles. The number of carbonyl (C=O) groups is 2. The highest BCUT2D eigenvalue weighted by molar-refractivity contribution is 5.80. The van der Waals surface area contributed by atoms with Crippen molar-refractivity contribution in [2.45, 2.75) is 32.3 Å². The first-order chi connectivity index (χ1) is 9.52. The lowest BCUT2D eigenvalue weighted by molar-refractivity contribution is -0.131. The number of amides is 2. The summed E-state index contributed by atoms with van der Waals surface area (Å²) in [6.45, 7) is 4.69. The number of rotatable bonds is 8. The molecule has 116 valence electrons. The van der Waals surface area contributed by atoms with E-state index < -0.39 is 0 Å². The van der Waals surface area contributed by atoms with Gasteiger partial charge in [-0.3, -0.25) is 14.5 Å². The molecule has 1 N–H and O–H groups in total. The van der Waals surface area contributed by atoms with Crippen molar-refractivity contribution in [2.75, 3.05) is 46.9 Å². The van der Waals surface area contributed by atoms with Crippen LogP contribution in [0, 0.1) is 0 Å². The Morgan fingerprint density at radius 2 is 2.05 bits per heavy atom. The molecule has 0 aromatic heterocycles. The van der Waals surface area contributed by atoms with Crippen LogP contribution >= 0.6 is 0 Å². The third kappa shape index (κ3) is 6.34. The molecule has 1 unspecified atom stereocenters. The van der Waals surface area contributed by atoms with Gasteiger partial charge in [-0.05, 0) is 25.8 Å². The van der Waals surface area contributed by atoms with Gasteiger partial charge in [-0.15, -0.1) is 0 Å². The molecule has 1 heterocycles. The van der Waals surface area contributed by atoms with E-state index in [-0.39, 0.29) is 31.0 Å². The summed E-state index contributed by atoms with van der Waals surface area (Å²) in [6, 6.07) is 0. The van der Waals surface area contributed by atoms with Crippen LogP contribution < -0.4 is 5.32 Å². The van der Waals surface area contributed by atoms with Crippen LogP contribution in [0.5, 0.6) is 0 Å². The monoisotopic (exact) mass is 285 g/mol. The van der Waals surface area contributed by atoms with Crippen LogP contribution in [-0.4, -0.2) is 74.6 Å². The quantitative estimate of drug-likeness (QED) is 0.686. The van der Waals surface area contributed by atoms with E-state index in [2.05, 4.69) is 5.32 Å². The summed E-state index contributed by atoms with van der Waals surface area (Å²) in [5, 5.41) is 2.89. The maximum Gasteiger partial charge on any atom is 0.236 e. The molecular weight excluding hydrogens is 258 g/mol. The fourth-order valence-corrected chi connectivity index (χ4v) is 2.15. The highest BCUT2D eigenvalue weighted by atomic mass is 16.5. The molecule has 1 saturated heterocycles. The molecule has 20 heavy (non-hydrogen) atoms. The Hall–Kier alpha value is -1.14. The van der Waals surface area contributed by atoms with Crippen LogP contribution in [0.1, 0.15) is 26.2 Å². The first-order valence-electron chi connectivity index (χ1n) is 7.33. The van der Waals surface area contributed by atoms with Crippen molar-refractivity contribution in [3.63, 3.8) is 0 Å². The average Bonchev–Trinajstić information content (AvgIpc) is 2.89. The molecule has 0 aromatic rings. The Morgan fingerprint density at radius 3 is 2.60 bits per heavy atom. The molecule has 6 heteroatoms. The second kappa shape index (κ2) is 8.92. The normalized spacial score (nSPS) is 18.3. The molecule has 0 spiro atoms. The lowest BCUT2D eigenvalue weighted by atomic mass is 10.2. The van der Waals surface area contributed by atoms with Gasteiger partial charge in [-0.25, -0.2) is 0 Å². The van der Waals surface area contributed by atoms with E-state index >= 15 is 0 Å². The van der Waals surface area contributed by atoms with Gasteiger partial charge in [0, 0.05) is 27.2 Å². The van der Waals surface area contributed by atoms with Gasteiger partial charge in [-0.2, -0.15) is 0 Å². The number of nitrogens with zero attached hydrogens (tertiary/aromatic N) is 2. The Balaban J connectivity index is 2.31. The summed E-state index contributed by atoms with van der Waals surface area (Å²) in [5.74, 6) is -0.0223. The van der Waals surface area contributed by atoms with Crippen molar-refractivity contribution in [2.24, 2.45) is 0 Å². The van der Waals surface area contributed by atoms with Gasteiger partial charge in [0.2, 0.25) is 11.8 Å². The fraction of sp³-hybridized carbons (Fsp3) is 0.857. The summed E-state index contributed by atoms with van der Waals surface area (Å²) in [4.78, 5) is 27.0. The van der Waals surface area contributed by atoms with E-state index in [1.807, 2.05) is 11.8 Å². The third-order valence-electron chi connectivity index (χ3n) is 3.32. The van der Waals surface area contributed by atoms with Gasteiger partial charge in [0.25, 0.3) is 0 Å². The molecule has 2 amide bonds. The molecule has 0 saturated carbocycles. The number of hydrogen-bond acceptors (Lipinski definition) is 4. The Morgan fingerprint density at radius 1 is 1.30 bits per heavy atom. The molecule has 0 radical (unpaired) electrons. The second-order valence-corrected chi connectivity index (χ2v) is 5.44. The summed E-state index contributed by atoms with van der Waals surface area (Å²) >= 11 is 0. The van der Waals surface area contributed by atoms with Crippen molar-refractivity contribution in [1.82, 2.24) is 15.1 Å². The van der Waals surface area contributed by atoms with Crippen LogP contribution in [0.2, 0.25) is 0 Å². The van der Waals surface area contributed by atoms with E-state index in [0.717, 1.165) is 32.4 Å². The number of carbonyl (C=O) groups excluding carboxylic acids is 2. The van der Waals surface area contributed by atoms with Gasteiger partial charge in [-0.1, -0.05) is 6.92 Å². The molecule has 1 rings (SSSR count). The zero-order valence-corrected chi connectivity index (χ0v) is 12.9. The minimum atomic E-state index is -0.0412. The van der Waals surface area contributed by atoms with Crippen molar-refractivity contribution in [1.29, 1.82) is 0 Å².